The molecule has 1 heterocycles. The summed E-state index contributed by atoms with van der Waals surface area (Å²) in [7, 11) is 0. The topological polar surface area (TPSA) is 61.4 Å². The van der Waals surface area contributed by atoms with Gasteiger partial charge in [0, 0.05) is 17.8 Å². The first kappa shape index (κ1) is 13.1. The van der Waals surface area contributed by atoms with Crippen molar-refractivity contribution < 1.29 is 9.90 Å². The molecule has 1 atom stereocenters. The van der Waals surface area contributed by atoms with Gasteiger partial charge in [0.05, 0.1) is 12.5 Å². The third-order valence-electron chi connectivity index (χ3n) is 3.01. The lowest BCUT2D eigenvalue weighted by Gasteiger charge is -2.23. The average Bonchev–Trinajstić information content (AvgIpc) is 2.64. The van der Waals surface area contributed by atoms with E-state index in [1.54, 1.807) is 0 Å². The van der Waals surface area contributed by atoms with Crippen molar-refractivity contribution in [2.75, 3.05) is 11.9 Å². The average molecular weight is 248 g/mol. The molecule has 0 bridgehead atoms. The van der Waals surface area contributed by atoms with Crippen molar-refractivity contribution in [1.82, 2.24) is 5.32 Å². The number of hydrogen-bond acceptors (Lipinski definition) is 3. The van der Waals surface area contributed by atoms with Gasteiger partial charge in [-0.25, -0.2) is 0 Å². The smallest absolute Gasteiger partial charge is 0.228 e. The normalized spacial score (nSPS) is 16.3. The van der Waals surface area contributed by atoms with Crippen molar-refractivity contribution in [3.63, 3.8) is 0 Å². The van der Waals surface area contributed by atoms with E-state index in [-0.39, 0.29) is 11.4 Å². The van der Waals surface area contributed by atoms with Gasteiger partial charge in [-0.2, -0.15) is 0 Å². The highest BCUT2D eigenvalue weighted by molar-refractivity contribution is 5.99. The third-order valence-corrected chi connectivity index (χ3v) is 3.01. The lowest BCUT2D eigenvalue weighted by Crippen LogP contribution is -2.38. The molecule has 4 heteroatoms. The molecular weight excluding hydrogens is 228 g/mol. The summed E-state index contributed by atoms with van der Waals surface area (Å²) in [4.78, 5) is 11.4. The Labute approximate surface area is 107 Å². The summed E-state index contributed by atoms with van der Waals surface area (Å²) in [6.45, 7) is 6.65. The van der Waals surface area contributed by atoms with Gasteiger partial charge in [-0.1, -0.05) is 12.1 Å². The van der Waals surface area contributed by atoms with E-state index in [9.17, 15) is 9.90 Å². The minimum absolute atomic E-state index is 0.00608. The van der Waals surface area contributed by atoms with Crippen LogP contribution in [0.4, 0.5) is 5.69 Å². The Kier molecular flexibility index (Phi) is 3.41. The van der Waals surface area contributed by atoms with Crippen LogP contribution in [-0.2, 0) is 11.2 Å². The molecule has 0 fully saturated rings. The quantitative estimate of drug-likeness (QED) is 0.761. The number of fused-ring (bicyclic) bond motifs is 1. The van der Waals surface area contributed by atoms with Gasteiger partial charge >= 0.3 is 0 Å². The summed E-state index contributed by atoms with van der Waals surface area (Å²) in [6.07, 6.45) is -0.232. The fourth-order valence-corrected chi connectivity index (χ4v) is 2.10. The van der Waals surface area contributed by atoms with E-state index >= 15 is 0 Å². The number of rotatable bonds is 3. The molecule has 0 radical (unpaired) electrons. The molecule has 2 rings (SSSR count). The summed E-state index contributed by atoms with van der Waals surface area (Å²) in [5.74, 6) is -0.00608. The first-order valence-corrected chi connectivity index (χ1v) is 6.21. The number of amides is 1. The van der Waals surface area contributed by atoms with Gasteiger partial charge in [-0.15, -0.1) is 0 Å². The van der Waals surface area contributed by atoms with Crippen molar-refractivity contribution >= 4 is 11.6 Å². The van der Waals surface area contributed by atoms with Gasteiger partial charge in [-0.05, 0) is 38.0 Å². The molecule has 1 aromatic carbocycles. The van der Waals surface area contributed by atoms with Crippen molar-refractivity contribution in [2.45, 2.75) is 38.8 Å². The minimum Gasteiger partial charge on any atom is -0.387 e. The number of aliphatic hydroxyl groups excluding tert-OH is 1. The van der Waals surface area contributed by atoms with Crippen molar-refractivity contribution in [3.8, 4) is 0 Å². The fourth-order valence-electron chi connectivity index (χ4n) is 2.10. The van der Waals surface area contributed by atoms with E-state index in [2.05, 4.69) is 31.4 Å². The first-order valence-electron chi connectivity index (χ1n) is 6.21. The van der Waals surface area contributed by atoms with Crippen LogP contribution in [-0.4, -0.2) is 23.1 Å². The number of nitrogens with one attached hydrogen (secondary N) is 2. The van der Waals surface area contributed by atoms with Crippen molar-refractivity contribution in [1.29, 1.82) is 0 Å². The second-order valence-electron chi connectivity index (χ2n) is 5.75. The second kappa shape index (κ2) is 4.71. The molecule has 1 aromatic rings. The maximum atomic E-state index is 11.4. The molecule has 1 aliphatic heterocycles. The molecule has 0 saturated heterocycles. The van der Waals surface area contributed by atoms with Crippen molar-refractivity contribution in [2.24, 2.45) is 0 Å². The van der Waals surface area contributed by atoms with E-state index in [4.69, 9.17) is 0 Å². The zero-order valence-corrected chi connectivity index (χ0v) is 11.1. The molecule has 0 saturated carbocycles. The van der Waals surface area contributed by atoms with E-state index in [1.165, 1.54) is 0 Å². The van der Waals surface area contributed by atoms with Gasteiger partial charge < -0.3 is 15.7 Å². The molecule has 4 nitrogen and oxygen atoms in total. The summed E-state index contributed by atoms with van der Waals surface area (Å²) in [5, 5.41) is 16.3. The molecular formula is C14H20N2O2. The zero-order valence-electron chi connectivity index (χ0n) is 11.1. The molecule has 0 aromatic heterocycles. The number of hydrogen-bond donors (Lipinski definition) is 3. The summed E-state index contributed by atoms with van der Waals surface area (Å²) in [6, 6.07) is 5.61. The monoisotopic (exact) mass is 248 g/mol. The van der Waals surface area contributed by atoms with E-state index in [1.807, 2.05) is 18.2 Å². The number of β-amino-alcohol motifs (C(OH)–C–C–N with tert-alkyl or cyclic N) is 1. The maximum absolute atomic E-state index is 11.4. The van der Waals surface area contributed by atoms with Crippen LogP contribution in [0.3, 0.4) is 0 Å². The van der Waals surface area contributed by atoms with Gasteiger partial charge in [-0.3, -0.25) is 4.79 Å². The number of benzene rings is 1. The van der Waals surface area contributed by atoms with Crippen LogP contribution in [0.15, 0.2) is 18.2 Å². The molecule has 3 N–H and O–H groups in total. The Morgan fingerprint density at radius 1 is 1.44 bits per heavy atom. The maximum Gasteiger partial charge on any atom is 0.228 e. The van der Waals surface area contributed by atoms with E-state index < -0.39 is 6.10 Å². The van der Waals surface area contributed by atoms with Crippen LogP contribution in [0.5, 0.6) is 0 Å². The van der Waals surface area contributed by atoms with Gasteiger partial charge in [0.25, 0.3) is 0 Å². The summed E-state index contributed by atoms with van der Waals surface area (Å²) < 4.78 is 0. The molecule has 0 spiro atoms. The Hall–Kier alpha value is -1.39. The van der Waals surface area contributed by atoms with Crippen LogP contribution < -0.4 is 10.6 Å². The third kappa shape index (κ3) is 2.89. The first-order chi connectivity index (χ1) is 8.37. The predicted octanol–water partition coefficient (Wildman–Crippen LogP) is 1.60. The number of anilines is 1. The van der Waals surface area contributed by atoms with Crippen LogP contribution >= 0.6 is 0 Å². The number of carbonyl (C=O) groups excluding carboxylic acids is 1. The molecule has 1 amide bonds. The van der Waals surface area contributed by atoms with E-state index in [0.29, 0.717) is 13.0 Å². The second-order valence-corrected chi connectivity index (χ2v) is 5.75. The summed E-state index contributed by atoms with van der Waals surface area (Å²) in [5.41, 5.74) is 2.55. The number of carbonyl (C=O) groups is 1. The van der Waals surface area contributed by atoms with Crippen molar-refractivity contribution in [3.05, 3.63) is 29.3 Å². The van der Waals surface area contributed by atoms with Gasteiger partial charge in [0.1, 0.15) is 0 Å². The SMILES string of the molecule is CC(C)(C)NC[C@H](O)c1cccc2c1CC(=O)N2. The Bertz CT molecular complexity index is 463. The minimum atomic E-state index is -0.591. The highest BCUT2D eigenvalue weighted by Gasteiger charge is 2.24. The van der Waals surface area contributed by atoms with Gasteiger partial charge in [0.2, 0.25) is 5.91 Å². The molecule has 98 valence electrons. The van der Waals surface area contributed by atoms with E-state index in [0.717, 1.165) is 16.8 Å². The highest BCUT2D eigenvalue weighted by Crippen LogP contribution is 2.29. The zero-order chi connectivity index (χ0) is 13.3. The molecule has 1 aliphatic rings. The lowest BCUT2D eigenvalue weighted by molar-refractivity contribution is -0.115. The Balaban J connectivity index is 2.15. The standard InChI is InChI=1S/C14H20N2O2/c1-14(2,3)15-8-12(17)9-5-4-6-11-10(9)7-13(18)16-11/h4-6,12,15,17H,7-8H2,1-3H3,(H,16,18)/t12-/m0/s1. The Morgan fingerprint density at radius 3 is 2.83 bits per heavy atom. The van der Waals surface area contributed by atoms with Gasteiger partial charge in [0.15, 0.2) is 0 Å². The van der Waals surface area contributed by atoms with Crippen LogP contribution in [0.25, 0.3) is 0 Å². The fraction of sp³-hybridized carbons (Fsp3) is 0.500. The molecule has 0 aliphatic carbocycles. The Morgan fingerprint density at radius 2 is 2.17 bits per heavy atom. The molecule has 0 unspecified atom stereocenters. The van der Waals surface area contributed by atoms with Crippen LogP contribution in [0.1, 0.15) is 38.0 Å². The predicted molar refractivity (Wildman–Crippen MR) is 71.5 cm³/mol. The van der Waals surface area contributed by atoms with Crippen LogP contribution in [0, 0.1) is 0 Å². The largest absolute Gasteiger partial charge is 0.387 e. The highest BCUT2D eigenvalue weighted by atomic mass is 16.3. The lowest BCUT2D eigenvalue weighted by atomic mass is 9.99. The number of aliphatic hydroxyl groups is 1. The van der Waals surface area contributed by atoms with Crippen LogP contribution in [0.2, 0.25) is 0 Å². The summed E-state index contributed by atoms with van der Waals surface area (Å²) >= 11 is 0. The molecule has 18 heavy (non-hydrogen) atoms.